The third kappa shape index (κ3) is 3.78. The van der Waals surface area contributed by atoms with Crippen LogP contribution in [-0.2, 0) is 9.53 Å². The molecule has 24 heavy (non-hydrogen) atoms. The molecule has 3 unspecified atom stereocenters. The summed E-state index contributed by atoms with van der Waals surface area (Å²) < 4.78 is 18.5. The van der Waals surface area contributed by atoms with Gasteiger partial charge in [-0.25, -0.2) is 4.39 Å². The zero-order valence-corrected chi connectivity index (χ0v) is 14.2. The Morgan fingerprint density at radius 1 is 1.29 bits per heavy atom. The fourth-order valence-electron chi connectivity index (χ4n) is 4.36. The highest BCUT2D eigenvalue weighted by molar-refractivity contribution is 5.78. The minimum Gasteiger partial charge on any atom is -0.375 e. The Morgan fingerprint density at radius 2 is 1.92 bits per heavy atom. The van der Waals surface area contributed by atoms with Crippen LogP contribution in [0.3, 0.4) is 0 Å². The van der Waals surface area contributed by atoms with Crippen molar-refractivity contribution in [2.24, 2.45) is 23.5 Å². The number of carbonyl (C=O) groups excluding carboxylic acids is 1. The molecule has 0 radical (unpaired) electrons. The van der Waals surface area contributed by atoms with E-state index < -0.39 is 0 Å². The Kier molecular flexibility index (Phi) is 5.51. The molecule has 2 bridgehead atoms. The summed E-state index contributed by atoms with van der Waals surface area (Å²) >= 11 is 0. The fourth-order valence-corrected chi connectivity index (χ4v) is 4.36. The molecule has 2 fully saturated rings. The van der Waals surface area contributed by atoms with Crippen LogP contribution in [0.1, 0.15) is 43.8 Å². The molecular formula is C19H27FN2O2. The Bertz CT molecular complexity index is 549. The van der Waals surface area contributed by atoms with Gasteiger partial charge in [0.1, 0.15) is 5.82 Å². The van der Waals surface area contributed by atoms with Crippen LogP contribution in [-0.4, -0.2) is 25.6 Å². The fraction of sp³-hybridized carbons (Fsp3) is 0.632. The lowest BCUT2D eigenvalue weighted by Crippen LogP contribution is -2.49. The third-order valence-corrected chi connectivity index (χ3v) is 5.77. The van der Waals surface area contributed by atoms with E-state index in [1.165, 1.54) is 18.6 Å². The lowest BCUT2D eigenvalue weighted by Gasteiger charge is -2.43. The Labute approximate surface area is 142 Å². The number of ether oxygens (including phenoxy) is 1. The Morgan fingerprint density at radius 3 is 2.50 bits per heavy atom. The van der Waals surface area contributed by atoms with Gasteiger partial charge in [-0.1, -0.05) is 18.6 Å². The molecule has 0 heterocycles. The Hall–Kier alpha value is -1.46. The van der Waals surface area contributed by atoms with Crippen LogP contribution < -0.4 is 11.1 Å². The standard InChI is InChI=1S/C19H27FN2O2/c1-24-17(12-5-7-16(20)8-6-12)11-22-19(23)15-9-13-3-2-4-14(10-15)18(13)21/h5-8,13-15,17-18H,2-4,9-11,21H2,1H3,(H,22,23). The summed E-state index contributed by atoms with van der Waals surface area (Å²) in [7, 11) is 1.60. The molecule has 3 rings (SSSR count). The molecular weight excluding hydrogens is 307 g/mol. The lowest BCUT2D eigenvalue weighted by atomic mass is 9.65. The molecule has 0 spiro atoms. The maximum Gasteiger partial charge on any atom is 0.223 e. The van der Waals surface area contributed by atoms with Gasteiger partial charge in [0, 0.05) is 25.6 Å². The van der Waals surface area contributed by atoms with Crippen molar-refractivity contribution in [3.63, 3.8) is 0 Å². The summed E-state index contributed by atoms with van der Waals surface area (Å²) in [5, 5.41) is 3.02. The highest BCUT2D eigenvalue weighted by Crippen LogP contribution is 2.41. The van der Waals surface area contributed by atoms with Crippen molar-refractivity contribution in [3.8, 4) is 0 Å². The van der Waals surface area contributed by atoms with E-state index >= 15 is 0 Å². The minimum atomic E-state index is -0.275. The molecule has 1 amide bonds. The first-order valence-electron chi connectivity index (χ1n) is 8.90. The SMILES string of the molecule is COC(CNC(=O)C1CC2CCCC(C1)C2N)c1ccc(F)cc1. The van der Waals surface area contributed by atoms with Crippen molar-refractivity contribution in [2.45, 2.75) is 44.2 Å². The highest BCUT2D eigenvalue weighted by Gasteiger charge is 2.40. The third-order valence-electron chi connectivity index (χ3n) is 5.77. The topological polar surface area (TPSA) is 64.3 Å². The largest absolute Gasteiger partial charge is 0.375 e. The summed E-state index contributed by atoms with van der Waals surface area (Å²) in [6, 6.07) is 6.48. The van der Waals surface area contributed by atoms with E-state index in [9.17, 15) is 9.18 Å². The number of methoxy groups -OCH3 is 1. The summed E-state index contributed by atoms with van der Waals surface area (Å²) in [5.41, 5.74) is 7.16. The number of hydrogen-bond donors (Lipinski definition) is 2. The van der Waals surface area contributed by atoms with Crippen molar-refractivity contribution in [1.82, 2.24) is 5.32 Å². The first-order chi connectivity index (χ1) is 11.6. The summed E-state index contributed by atoms with van der Waals surface area (Å²) in [6.45, 7) is 0.402. The number of rotatable bonds is 5. The number of fused-ring (bicyclic) bond motifs is 2. The van der Waals surface area contributed by atoms with Crippen molar-refractivity contribution in [1.29, 1.82) is 0 Å². The molecule has 3 atom stereocenters. The first-order valence-corrected chi connectivity index (χ1v) is 8.90. The zero-order chi connectivity index (χ0) is 17.1. The highest BCUT2D eigenvalue weighted by atomic mass is 19.1. The van der Waals surface area contributed by atoms with Crippen LogP contribution in [0.5, 0.6) is 0 Å². The summed E-state index contributed by atoms with van der Waals surface area (Å²) in [5.74, 6) is 0.864. The molecule has 2 aliphatic rings. The monoisotopic (exact) mass is 334 g/mol. The number of halogens is 1. The smallest absolute Gasteiger partial charge is 0.223 e. The van der Waals surface area contributed by atoms with Gasteiger partial charge < -0.3 is 15.8 Å². The first kappa shape index (κ1) is 17.4. The zero-order valence-electron chi connectivity index (χ0n) is 14.2. The quantitative estimate of drug-likeness (QED) is 0.870. The average molecular weight is 334 g/mol. The van der Waals surface area contributed by atoms with E-state index in [4.69, 9.17) is 10.5 Å². The van der Waals surface area contributed by atoms with E-state index in [-0.39, 0.29) is 29.8 Å². The van der Waals surface area contributed by atoms with Crippen molar-refractivity contribution in [3.05, 3.63) is 35.6 Å². The molecule has 5 heteroatoms. The van der Waals surface area contributed by atoms with Gasteiger partial charge in [-0.15, -0.1) is 0 Å². The van der Waals surface area contributed by atoms with Crippen molar-refractivity contribution in [2.75, 3.05) is 13.7 Å². The van der Waals surface area contributed by atoms with Crippen molar-refractivity contribution >= 4 is 5.91 Å². The molecule has 1 aromatic rings. The van der Waals surface area contributed by atoms with Gasteiger partial charge in [0.25, 0.3) is 0 Å². The Balaban J connectivity index is 1.55. The molecule has 0 aliphatic heterocycles. The minimum absolute atomic E-state index is 0.0609. The van der Waals surface area contributed by atoms with Crippen LogP contribution in [0.15, 0.2) is 24.3 Å². The summed E-state index contributed by atoms with van der Waals surface area (Å²) in [4.78, 5) is 12.6. The molecule has 132 valence electrons. The van der Waals surface area contributed by atoms with Gasteiger partial charge in [-0.2, -0.15) is 0 Å². The van der Waals surface area contributed by atoms with Gasteiger partial charge >= 0.3 is 0 Å². The van der Waals surface area contributed by atoms with Crippen LogP contribution in [0.25, 0.3) is 0 Å². The van der Waals surface area contributed by atoms with Crippen LogP contribution >= 0.6 is 0 Å². The number of carbonyl (C=O) groups is 1. The molecule has 0 aromatic heterocycles. The van der Waals surface area contributed by atoms with Gasteiger partial charge in [0.15, 0.2) is 0 Å². The van der Waals surface area contributed by atoms with E-state index in [0.717, 1.165) is 31.2 Å². The second kappa shape index (κ2) is 7.62. The number of nitrogens with two attached hydrogens (primary N) is 1. The van der Waals surface area contributed by atoms with Gasteiger partial charge in [0.05, 0.1) is 6.10 Å². The number of benzene rings is 1. The second-order valence-corrected chi connectivity index (χ2v) is 7.22. The molecule has 4 nitrogen and oxygen atoms in total. The molecule has 3 N–H and O–H groups in total. The maximum absolute atomic E-state index is 13.0. The normalized spacial score (nSPS) is 30.6. The molecule has 2 saturated carbocycles. The molecule has 1 aromatic carbocycles. The number of hydrogen-bond acceptors (Lipinski definition) is 3. The van der Waals surface area contributed by atoms with E-state index in [1.54, 1.807) is 19.2 Å². The summed E-state index contributed by atoms with van der Waals surface area (Å²) in [6.07, 6.45) is 5.08. The van der Waals surface area contributed by atoms with Gasteiger partial charge in [-0.3, -0.25) is 4.79 Å². The lowest BCUT2D eigenvalue weighted by molar-refractivity contribution is -0.128. The predicted molar refractivity (Wildman–Crippen MR) is 90.7 cm³/mol. The van der Waals surface area contributed by atoms with E-state index in [2.05, 4.69) is 5.32 Å². The maximum atomic E-state index is 13.0. The van der Waals surface area contributed by atoms with E-state index in [0.29, 0.717) is 18.4 Å². The average Bonchev–Trinajstić information content (AvgIpc) is 2.56. The second-order valence-electron chi connectivity index (χ2n) is 7.22. The van der Waals surface area contributed by atoms with Crippen LogP contribution in [0, 0.1) is 23.6 Å². The molecule has 0 saturated heterocycles. The van der Waals surface area contributed by atoms with Crippen molar-refractivity contribution < 1.29 is 13.9 Å². The number of amides is 1. The van der Waals surface area contributed by atoms with E-state index in [1.807, 2.05) is 0 Å². The molecule has 2 aliphatic carbocycles. The predicted octanol–water partition coefficient (Wildman–Crippen LogP) is 2.78. The van der Waals surface area contributed by atoms with Crippen LogP contribution in [0.4, 0.5) is 4.39 Å². The van der Waals surface area contributed by atoms with Crippen LogP contribution in [0.2, 0.25) is 0 Å². The van der Waals surface area contributed by atoms with Gasteiger partial charge in [-0.05, 0) is 55.2 Å². The van der Waals surface area contributed by atoms with Gasteiger partial charge in [0.2, 0.25) is 5.91 Å². The number of nitrogens with one attached hydrogen (secondary N) is 1.